The first kappa shape index (κ1) is 12.2. The van der Waals surface area contributed by atoms with Gasteiger partial charge in [0.1, 0.15) is 0 Å². The first-order valence-corrected chi connectivity index (χ1v) is 7.18. The minimum Gasteiger partial charge on any atom is -0.0807 e. The average molecular weight is 248 g/mol. The molecule has 1 aromatic rings. The fourth-order valence-corrected chi connectivity index (χ4v) is 3.05. The molecule has 0 nitrogen and oxygen atoms in total. The summed E-state index contributed by atoms with van der Waals surface area (Å²) in [6.07, 6.45) is 17.9. The largest absolute Gasteiger partial charge is 0.0807 e. The normalized spacial score (nSPS) is 26.4. The number of hydrogen-bond donors (Lipinski definition) is 0. The Balaban J connectivity index is 2.28. The number of fused-ring (bicyclic) bond motifs is 1. The Morgan fingerprint density at radius 2 is 2.00 bits per heavy atom. The highest BCUT2D eigenvalue weighted by molar-refractivity contribution is 5.73. The van der Waals surface area contributed by atoms with E-state index in [1.54, 1.807) is 0 Å². The minimum absolute atomic E-state index is 0.480. The van der Waals surface area contributed by atoms with Crippen LogP contribution in [0.5, 0.6) is 0 Å². The predicted octanol–water partition coefficient (Wildman–Crippen LogP) is 5.28. The number of aryl methyl sites for hydroxylation is 1. The zero-order chi connectivity index (χ0) is 13.2. The zero-order valence-corrected chi connectivity index (χ0v) is 11.7. The molecule has 0 fully saturated rings. The van der Waals surface area contributed by atoms with Gasteiger partial charge in [-0.3, -0.25) is 0 Å². The Labute approximate surface area is 115 Å². The second-order valence-electron chi connectivity index (χ2n) is 5.28. The van der Waals surface area contributed by atoms with Crippen LogP contribution in [0.25, 0.3) is 12.2 Å². The van der Waals surface area contributed by atoms with Crippen LogP contribution < -0.4 is 0 Å². The van der Waals surface area contributed by atoms with Gasteiger partial charge in [-0.05, 0) is 40.7 Å². The van der Waals surface area contributed by atoms with Crippen molar-refractivity contribution in [3.05, 3.63) is 70.3 Å². The number of benzene rings is 1. The van der Waals surface area contributed by atoms with Crippen molar-refractivity contribution in [2.45, 2.75) is 32.6 Å². The monoisotopic (exact) mass is 248 g/mol. The molecule has 0 amide bonds. The summed E-state index contributed by atoms with van der Waals surface area (Å²) in [5.74, 6) is 0.480. The maximum absolute atomic E-state index is 2.32. The first-order chi connectivity index (χ1) is 9.31. The average Bonchev–Trinajstić information content (AvgIpc) is 2.43. The van der Waals surface area contributed by atoms with E-state index in [1.807, 2.05) is 0 Å². The van der Waals surface area contributed by atoms with E-state index in [1.165, 1.54) is 27.8 Å². The van der Waals surface area contributed by atoms with E-state index in [0.717, 1.165) is 12.8 Å². The molecule has 19 heavy (non-hydrogen) atoms. The minimum atomic E-state index is 0.480. The van der Waals surface area contributed by atoms with Crippen molar-refractivity contribution in [2.75, 3.05) is 0 Å². The van der Waals surface area contributed by atoms with Crippen molar-refractivity contribution in [1.29, 1.82) is 0 Å². The Morgan fingerprint density at radius 3 is 2.84 bits per heavy atom. The van der Waals surface area contributed by atoms with Crippen LogP contribution in [0.2, 0.25) is 0 Å². The lowest BCUT2D eigenvalue weighted by atomic mass is 9.79. The van der Waals surface area contributed by atoms with Gasteiger partial charge in [-0.25, -0.2) is 0 Å². The summed E-state index contributed by atoms with van der Waals surface area (Å²) in [5, 5.41) is 0. The van der Waals surface area contributed by atoms with E-state index in [4.69, 9.17) is 0 Å². The second kappa shape index (κ2) is 5.05. The van der Waals surface area contributed by atoms with Crippen molar-refractivity contribution >= 4 is 12.2 Å². The SMILES string of the molecule is CCc1ccc2c3c1C=C/C(=C/C=C\C/C=C\2)C3C. The molecule has 1 unspecified atom stereocenters. The lowest BCUT2D eigenvalue weighted by Crippen LogP contribution is -2.08. The highest BCUT2D eigenvalue weighted by atomic mass is 14.2. The standard InChI is InChI=1S/C19H20/c1-3-15-10-11-17-9-7-5-4-6-8-16-12-13-18(15)19(17)14(16)2/h4,6-14H,3,5H2,1-2H3/b6-4-,9-7-,16-8-. The molecule has 0 aromatic heterocycles. The fraction of sp³-hybridized carbons (Fsp3) is 0.263. The molecule has 2 aliphatic rings. The fourth-order valence-electron chi connectivity index (χ4n) is 3.05. The summed E-state index contributed by atoms with van der Waals surface area (Å²) < 4.78 is 0. The smallest absolute Gasteiger partial charge is 0.00729 e. The van der Waals surface area contributed by atoms with Crippen LogP contribution in [0.1, 0.15) is 48.4 Å². The van der Waals surface area contributed by atoms with Crippen LogP contribution >= 0.6 is 0 Å². The summed E-state index contributed by atoms with van der Waals surface area (Å²) in [7, 11) is 0. The molecule has 1 atom stereocenters. The molecule has 0 heteroatoms. The van der Waals surface area contributed by atoms with Crippen LogP contribution in [0.4, 0.5) is 0 Å². The molecule has 2 bridgehead atoms. The van der Waals surface area contributed by atoms with Gasteiger partial charge in [0.2, 0.25) is 0 Å². The van der Waals surface area contributed by atoms with Gasteiger partial charge in [-0.1, -0.05) is 68.5 Å². The third kappa shape index (κ3) is 2.12. The topological polar surface area (TPSA) is 0 Å². The molecule has 0 heterocycles. The van der Waals surface area contributed by atoms with Crippen LogP contribution in [0.15, 0.2) is 48.1 Å². The maximum atomic E-state index is 2.32. The number of hydrogen-bond acceptors (Lipinski definition) is 0. The number of allylic oxidation sites excluding steroid dienone is 6. The van der Waals surface area contributed by atoms with Crippen molar-refractivity contribution in [1.82, 2.24) is 0 Å². The third-order valence-electron chi connectivity index (χ3n) is 4.16. The molecule has 3 rings (SSSR count). The van der Waals surface area contributed by atoms with E-state index in [-0.39, 0.29) is 0 Å². The van der Waals surface area contributed by atoms with Gasteiger partial charge in [0, 0.05) is 5.92 Å². The molecule has 0 spiro atoms. The molecule has 0 saturated carbocycles. The van der Waals surface area contributed by atoms with E-state index in [9.17, 15) is 0 Å². The summed E-state index contributed by atoms with van der Waals surface area (Å²) in [5.41, 5.74) is 7.19. The predicted molar refractivity (Wildman–Crippen MR) is 84.1 cm³/mol. The van der Waals surface area contributed by atoms with Gasteiger partial charge in [-0.2, -0.15) is 0 Å². The number of rotatable bonds is 1. The molecule has 0 N–H and O–H groups in total. The lowest BCUT2D eigenvalue weighted by Gasteiger charge is -2.25. The Hall–Kier alpha value is -1.82. The summed E-state index contributed by atoms with van der Waals surface area (Å²) >= 11 is 0. The van der Waals surface area contributed by atoms with E-state index < -0.39 is 0 Å². The molecule has 0 aliphatic heterocycles. The highest BCUT2D eigenvalue weighted by Crippen LogP contribution is 2.38. The van der Waals surface area contributed by atoms with E-state index in [2.05, 4.69) is 68.5 Å². The molecular formula is C19H20. The van der Waals surface area contributed by atoms with Gasteiger partial charge in [0.15, 0.2) is 0 Å². The van der Waals surface area contributed by atoms with E-state index in [0.29, 0.717) is 5.92 Å². The molecule has 2 aliphatic carbocycles. The van der Waals surface area contributed by atoms with Crippen molar-refractivity contribution < 1.29 is 0 Å². The van der Waals surface area contributed by atoms with Crippen molar-refractivity contribution in [2.24, 2.45) is 0 Å². The highest BCUT2D eigenvalue weighted by Gasteiger charge is 2.21. The third-order valence-corrected chi connectivity index (χ3v) is 4.16. The molecule has 1 aromatic carbocycles. The Morgan fingerprint density at radius 1 is 1.11 bits per heavy atom. The van der Waals surface area contributed by atoms with Crippen LogP contribution in [0.3, 0.4) is 0 Å². The van der Waals surface area contributed by atoms with Crippen LogP contribution in [0, 0.1) is 0 Å². The quantitative estimate of drug-likeness (QED) is 0.634. The molecule has 96 valence electrons. The molecular weight excluding hydrogens is 228 g/mol. The molecule has 0 saturated heterocycles. The van der Waals surface area contributed by atoms with Crippen molar-refractivity contribution in [3.63, 3.8) is 0 Å². The van der Waals surface area contributed by atoms with Crippen molar-refractivity contribution in [3.8, 4) is 0 Å². The first-order valence-electron chi connectivity index (χ1n) is 7.18. The summed E-state index contributed by atoms with van der Waals surface area (Å²) in [4.78, 5) is 0. The second-order valence-corrected chi connectivity index (χ2v) is 5.28. The van der Waals surface area contributed by atoms with Gasteiger partial charge in [0.05, 0.1) is 0 Å². The Bertz CT molecular complexity index is 609. The summed E-state index contributed by atoms with van der Waals surface area (Å²) in [6, 6.07) is 4.57. The van der Waals surface area contributed by atoms with Gasteiger partial charge >= 0.3 is 0 Å². The zero-order valence-electron chi connectivity index (χ0n) is 11.7. The van der Waals surface area contributed by atoms with Crippen LogP contribution in [-0.2, 0) is 6.42 Å². The van der Waals surface area contributed by atoms with Gasteiger partial charge < -0.3 is 0 Å². The van der Waals surface area contributed by atoms with E-state index >= 15 is 0 Å². The maximum Gasteiger partial charge on any atom is 0.00729 e. The lowest BCUT2D eigenvalue weighted by molar-refractivity contribution is 0.898. The van der Waals surface area contributed by atoms with Gasteiger partial charge in [0.25, 0.3) is 0 Å². The summed E-state index contributed by atoms with van der Waals surface area (Å²) in [6.45, 7) is 4.56. The molecule has 0 radical (unpaired) electrons. The Kier molecular flexibility index (Phi) is 3.25. The van der Waals surface area contributed by atoms with Gasteiger partial charge in [-0.15, -0.1) is 0 Å². The van der Waals surface area contributed by atoms with Crippen LogP contribution in [-0.4, -0.2) is 0 Å².